The summed E-state index contributed by atoms with van der Waals surface area (Å²) in [6, 6.07) is 9.36. The van der Waals surface area contributed by atoms with Gasteiger partial charge in [0, 0.05) is 31.7 Å². The maximum Gasteiger partial charge on any atom is 0.253 e. The first kappa shape index (κ1) is 14.7. The standard InChI is InChI=1S/C16H19N3O3/c1-21-11-14-17-15(18-22-14)13-8-5-9-19(10-13)16(20)12-6-3-2-4-7-12/h2-4,6-7,13H,5,8-11H2,1H3. The fraction of sp³-hybridized carbons (Fsp3) is 0.438. The first-order chi connectivity index (χ1) is 10.8. The van der Waals surface area contributed by atoms with Crippen LogP contribution in [-0.4, -0.2) is 41.1 Å². The molecule has 1 amide bonds. The molecule has 116 valence electrons. The lowest BCUT2D eigenvalue weighted by atomic mass is 9.96. The van der Waals surface area contributed by atoms with Gasteiger partial charge in [0.1, 0.15) is 6.61 Å². The van der Waals surface area contributed by atoms with Crippen LogP contribution in [0.25, 0.3) is 0 Å². The first-order valence-corrected chi connectivity index (χ1v) is 7.43. The lowest BCUT2D eigenvalue weighted by molar-refractivity contribution is 0.0703. The molecule has 1 unspecified atom stereocenters. The molecule has 1 fully saturated rings. The Labute approximate surface area is 129 Å². The minimum Gasteiger partial charge on any atom is -0.375 e. The van der Waals surface area contributed by atoms with Gasteiger partial charge in [-0.2, -0.15) is 4.98 Å². The molecule has 1 aliphatic heterocycles. The molecule has 22 heavy (non-hydrogen) atoms. The monoisotopic (exact) mass is 301 g/mol. The van der Waals surface area contributed by atoms with Crippen LogP contribution in [0.4, 0.5) is 0 Å². The molecule has 6 heteroatoms. The Kier molecular flexibility index (Phi) is 4.48. The van der Waals surface area contributed by atoms with Crippen molar-refractivity contribution in [2.45, 2.75) is 25.4 Å². The van der Waals surface area contributed by atoms with Crippen LogP contribution in [0.15, 0.2) is 34.9 Å². The number of ether oxygens (including phenoxy) is 1. The van der Waals surface area contributed by atoms with Gasteiger partial charge < -0.3 is 14.2 Å². The third-order valence-electron chi connectivity index (χ3n) is 3.85. The van der Waals surface area contributed by atoms with Crippen LogP contribution in [-0.2, 0) is 11.3 Å². The minimum atomic E-state index is 0.0610. The number of hydrogen-bond donors (Lipinski definition) is 0. The molecule has 0 N–H and O–H groups in total. The average molecular weight is 301 g/mol. The highest BCUT2D eigenvalue weighted by Crippen LogP contribution is 2.26. The summed E-state index contributed by atoms with van der Waals surface area (Å²) < 4.78 is 10.1. The van der Waals surface area contributed by atoms with Crippen molar-refractivity contribution in [1.82, 2.24) is 15.0 Å². The van der Waals surface area contributed by atoms with E-state index in [2.05, 4.69) is 10.1 Å². The summed E-state index contributed by atoms with van der Waals surface area (Å²) in [5, 5.41) is 4.02. The van der Waals surface area contributed by atoms with E-state index in [4.69, 9.17) is 9.26 Å². The lowest BCUT2D eigenvalue weighted by Crippen LogP contribution is -2.39. The summed E-state index contributed by atoms with van der Waals surface area (Å²) in [4.78, 5) is 18.7. The zero-order valence-corrected chi connectivity index (χ0v) is 12.6. The van der Waals surface area contributed by atoms with Crippen molar-refractivity contribution < 1.29 is 14.1 Å². The summed E-state index contributed by atoms with van der Waals surface area (Å²) >= 11 is 0. The van der Waals surface area contributed by atoms with E-state index < -0.39 is 0 Å². The van der Waals surface area contributed by atoms with E-state index in [0.717, 1.165) is 24.9 Å². The zero-order chi connectivity index (χ0) is 15.4. The van der Waals surface area contributed by atoms with Crippen LogP contribution >= 0.6 is 0 Å². The molecule has 1 aromatic heterocycles. The largest absolute Gasteiger partial charge is 0.375 e. The lowest BCUT2D eigenvalue weighted by Gasteiger charge is -2.31. The Hall–Kier alpha value is -2.21. The summed E-state index contributed by atoms with van der Waals surface area (Å²) in [6.07, 6.45) is 1.90. The second-order valence-corrected chi connectivity index (χ2v) is 5.44. The Morgan fingerprint density at radius 3 is 3.00 bits per heavy atom. The molecule has 1 aliphatic rings. The van der Waals surface area contributed by atoms with Crippen LogP contribution in [0.3, 0.4) is 0 Å². The van der Waals surface area contributed by atoms with Crippen molar-refractivity contribution in [1.29, 1.82) is 0 Å². The van der Waals surface area contributed by atoms with E-state index in [1.807, 2.05) is 35.2 Å². The average Bonchev–Trinajstić information content (AvgIpc) is 3.04. The van der Waals surface area contributed by atoms with Gasteiger partial charge in [-0.25, -0.2) is 0 Å². The highest BCUT2D eigenvalue weighted by molar-refractivity contribution is 5.94. The highest BCUT2D eigenvalue weighted by atomic mass is 16.5. The Bertz CT molecular complexity index is 627. The van der Waals surface area contributed by atoms with Crippen LogP contribution in [0, 0.1) is 0 Å². The Morgan fingerprint density at radius 1 is 1.41 bits per heavy atom. The molecule has 2 heterocycles. The molecule has 0 spiro atoms. The van der Waals surface area contributed by atoms with E-state index in [9.17, 15) is 4.79 Å². The predicted molar refractivity (Wildman–Crippen MR) is 79.3 cm³/mol. The van der Waals surface area contributed by atoms with Gasteiger partial charge in [-0.05, 0) is 25.0 Å². The number of nitrogens with zero attached hydrogens (tertiary/aromatic N) is 3. The summed E-state index contributed by atoms with van der Waals surface area (Å²) in [7, 11) is 1.59. The fourth-order valence-corrected chi connectivity index (χ4v) is 2.75. The summed E-state index contributed by atoms with van der Waals surface area (Å²) in [5.74, 6) is 1.32. The van der Waals surface area contributed by atoms with Crippen LogP contribution in [0.2, 0.25) is 0 Å². The van der Waals surface area contributed by atoms with Gasteiger partial charge in [0.15, 0.2) is 5.82 Å². The van der Waals surface area contributed by atoms with Gasteiger partial charge in [0.25, 0.3) is 11.8 Å². The molecular formula is C16H19N3O3. The molecule has 1 saturated heterocycles. The van der Waals surface area contributed by atoms with Gasteiger partial charge in [0.05, 0.1) is 0 Å². The topological polar surface area (TPSA) is 68.5 Å². The fourth-order valence-electron chi connectivity index (χ4n) is 2.75. The number of benzene rings is 1. The second-order valence-electron chi connectivity index (χ2n) is 5.44. The van der Waals surface area contributed by atoms with E-state index >= 15 is 0 Å². The maximum atomic E-state index is 12.5. The maximum absolute atomic E-state index is 12.5. The van der Waals surface area contributed by atoms with Crippen LogP contribution < -0.4 is 0 Å². The number of amides is 1. The van der Waals surface area contributed by atoms with Crippen LogP contribution in [0.5, 0.6) is 0 Å². The molecule has 1 aromatic carbocycles. The number of carbonyl (C=O) groups excluding carboxylic acids is 1. The van der Waals surface area contributed by atoms with E-state index in [0.29, 0.717) is 24.9 Å². The van der Waals surface area contributed by atoms with Crippen molar-refractivity contribution in [3.63, 3.8) is 0 Å². The number of likely N-dealkylation sites (tertiary alicyclic amines) is 1. The van der Waals surface area contributed by atoms with Crippen molar-refractivity contribution in [2.75, 3.05) is 20.2 Å². The number of piperidine rings is 1. The zero-order valence-electron chi connectivity index (χ0n) is 12.6. The third kappa shape index (κ3) is 3.17. The predicted octanol–water partition coefficient (Wildman–Crippen LogP) is 2.24. The normalized spacial score (nSPS) is 18.4. The van der Waals surface area contributed by atoms with Crippen LogP contribution in [0.1, 0.15) is 40.8 Å². The molecule has 3 rings (SSSR count). The smallest absolute Gasteiger partial charge is 0.253 e. The Morgan fingerprint density at radius 2 is 2.23 bits per heavy atom. The number of aromatic nitrogens is 2. The third-order valence-corrected chi connectivity index (χ3v) is 3.85. The van der Waals surface area contributed by atoms with E-state index in [-0.39, 0.29) is 11.8 Å². The molecule has 6 nitrogen and oxygen atoms in total. The Balaban J connectivity index is 1.69. The summed E-state index contributed by atoms with van der Waals surface area (Å²) in [5.41, 5.74) is 0.719. The molecule has 0 radical (unpaired) electrons. The SMILES string of the molecule is COCc1nc(C2CCCN(C(=O)c3ccccc3)C2)no1. The van der Waals surface area contributed by atoms with E-state index in [1.165, 1.54) is 0 Å². The molecule has 0 aliphatic carbocycles. The van der Waals surface area contributed by atoms with Gasteiger partial charge in [-0.1, -0.05) is 23.4 Å². The highest BCUT2D eigenvalue weighted by Gasteiger charge is 2.28. The molecule has 2 aromatic rings. The molecular weight excluding hydrogens is 282 g/mol. The van der Waals surface area contributed by atoms with Gasteiger partial charge >= 0.3 is 0 Å². The van der Waals surface area contributed by atoms with Gasteiger partial charge in [-0.15, -0.1) is 0 Å². The van der Waals surface area contributed by atoms with Crippen molar-refractivity contribution in [3.05, 3.63) is 47.6 Å². The van der Waals surface area contributed by atoms with Gasteiger partial charge in [0.2, 0.25) is 0 Å². The van der Waals surface area contributed by atoms with Gasteiger partial charge in [-0.3, -0.25) is 4.79 Å². The van der Waals surface area contributed by atoms with Crippen molar-refractivity contribution in [3.8, 4) is 0 Å². The molecule has 1 atom stereocenters. The van der Waals surface area contributed by atoms with Crippen molar-refractivity contribution in [2.24, 2.45) is 0 Å². The molecule has 0 bridgehead atoms. The molecule has 0 saturated carbocycles. The quantitative estimate of drug-likeness (QED) is 0.866. The summed E-state index contributed by atoms with van der Waals surface area (Å²) in [6.45, 7) is 1.71. The second kappa shape index (κ2) is 6.70. The number of methoxy groups -OCH3 is 1. The first-order valence-electron chi connectivity index (χ1n) is 7.43. The minimum absolute atomic E-state index is 0.0610. The number of rotatable bonds is 4. The number of hydrogen-bond acceptors (Lipinski definition) is 5. The number of carbonyl (C=O) groups is 1. The van der Waals surface area contributed by atoms with Crippen molar-refractivity contribution >= 4 is 5.91 Å². The van der Waals surface area contributed by atoms with E-state index in [1.54, 1.807) is 7.11 Å².